The number of carbonyl (C=O) groups is 3. The number of urea groups is 1. The van der Waals surface area contributed by atoms with Gasteiger partial charge in [-0.25, -0.2) is 9.18 Å². The first-order valence-corrected chi connectivity index (χ1v) is 12.0. The number of benzene rings is 2. The van der Waals surface area contributed by atoms with Crippen LogP contribution in [-0.2, 0) is 6.54 Å². The molecule has 36 heavy (non-hydrogen) atoms. The molecule has 0 radical (unpaired) electrons. The van der Waals surface area contributed by atoms with E-state index in [1.54, 1.807) is 68.1 Å². The molecule has 0 spiro atoms. The summed E-state index contributed by atoms with van der Waals surface area (Å²) < 4.78 is 18.4. The summed E-state index contributed by atoms with van der Waals surface area (Å²) in [5, 5.41) is 0. The van der Waals surface area contributed by atoms with Crippen LogP contribution in [0.1, 0.15) is 32.9 Å². The number of rotatable bonds is 5. The Morgan fingerprint density at radius 1 is 0.806 bits per heavy atom. The molecule has 0 aliphatic carbocycles. The molecule has 5 rings (SSSR count). The number of halogens is 1. The Labute approximate surface area is 208 Å². The maximum atomic E-state index is 13.2. The highest BCUT2D eigenvalue weighted by Gasteiger charge is 2.29. The summed E-state index contributed by atoms with van der Waals surface area (Å²) in [5.41, 5.74) is 2.14. The predicted octanol–water partition coefficient (Wildman–Crippen LogP) is 3.85. The molecule has 4 amide bonds. The lowest BCUT2D eigenvalue weighted by molar-refractivity contribution is 0.0518. The standard InChI is InChI=1S/C27H27FN4O4/c28-22-8-4-20(5-9-22)19-31-12-2-13-32(27(31)35)23-10-6-21(7-11-23)25(33)29-14-16-30(17-15-29)26(34)24-3-1-18-36-24/h1,3-11,18H,2,12-17,19H2. The molecule has 0 atom stereocenters. The molecule has 9 heteroatoms. The molecule has 3 heterocycles. The topological polar surface area (TPSA) is 77.3 Å². The molecule has 0 N–H and O–H groups in total. The highest BCUT2D eigenvalue weighted by molar-refractivity contribution is 5.97. The van der Waals surface area contributed by atoms with Crippen LogP contribution < -0.4 is 4.90 Å². The zero-order chi connectivity index (χ0) is 25.1. The van der Waals surface area contributed by atoms with Gasteiger partial charge in [0.15, 0.2) is 5.76 Å². The van der Waals surface area contributed by atoms with E-state index in [-0.39, 0.29) is 23.7 Å². The highest BCUT2D eigenvalue weighted by atomic mass is 19.1. The third kappa shape index (κ3) is 4.95. The van der Waals surface area contributed by atoms with Crippen LogP contribution in [0.2, 0.25) is 0 Å². The van der Waals surface area contributed by atoms with E-state index in [1.807, 2.05) is 0 Å². The Bertz CT molecular complexity index is 1220. The zero-order valence-electron chi connectivity index (χ0n) is 19.8. The summed E-state index contributed by atoms with van der Waals surface area (Å²) in [5.74, 6) is -0.274. The van der Waals surface area contributed by atoms with Gasteiger partial charge in [0.05, 0.1) is 6.26 Å². The minimum atomic E-state index is -0.302. The van der Waals surface area contributed by atoms with Crippen LogP contribution in [0.25, 0.3) is 0 Å². The van der Waals surface area contributed by atoms with Crippen LogP contribution in [0.4, 0.5) is 14.9 Å². The molecule has 3 aromatic rings. The lowest BCUT2D eigenvalue weighted by Gasteiger charge is -2.36. The van der Waals surface area contributed by atoms with E-state index in [1.165, 1.54) is 18.4 Å². The fourth-order valence-corrected chi connectivity index (χ4v) is 4.61. The first-order valence-electron chi connectivity index (χ1n) is 12.0. The van der Waals surface area contributed by atoms with E-state index in [2.05, 4.69) is 0 Å². The van der Waals surface area contributed by atoms with E-state index in [0.29, 0.717) is 57.1 Å². The normalized spacial score (nSPS) is 16.4. The molecular weight excluding hydrogens is 463 g/mol. The van der Waals surface area contributed by atoms with E-state index in [9.17, 15) is 18.8 Å². The first kappa shape index (κ1) is 23.6. The minimum Gasteiger partial charge on any atom is -0.459 e. The van der Waals surface area contributed by atoms with Crippen LogP contribution >= 0.6 is 0 Å². The number of hydrogen-bond donors (Lipinski definition) is 0. The average Bonchev–Trinajstić information content (AvgIpc) is 3.46. The van der Waals surface area contributed by atoms with Gasteiger partial charge in [0.1, 0.15) is 5.82 Å². The van der Waals surface area contributed by atoms with Crippen molar-refractivity contribution in [3.05, 3.63) is 89.6 Å². The minimum absolute atomic E-state index is 0.102. The Hall–Kier alpha value is -4.14. The highest BCUT2D eigenvalue weighted by Crippen LogP contribution is 2.23. The number of carbonyl (C=O) groups excluding carboxylic acids is 3. The molecule has 2 aromatic carbocycles. The van der Waals surface area contributed by atoms with Crippen molar-refractivity contribution >= 4 is 23.5 Å². The van der Waals surface area contributed by atoms with Crippen LogP contribution in [0.5, 0.6) is 0 Å². The average molecular weight is 491 g/mol. The molecule has 0 unspecified atom stereocenters. The van der Waals surface area contributed by atoms with Gasteiger partial charge in [0.2, 0.25) is 0 Å². The molecule has 0 saturated carbocycles. The SMILES string of the molecule is O=C(c1ccc(N2CCCN(Cc3ccc(F)cc3)C2=O)cc1)N1CCN(C(=O)c2ccco2)CC1. The fourth-order valence-electron chi connectivity index (χ4n) is 4.61. The third-order valence-electron chi connectivity index (χ3n) is 6.61. The summed E-state index contributed by atoms with van der Waals surface area (Å²) in [7, 11) is 0. The molecule has 8 nitrogen and oxygen atoms in total. The van der Waals surface area contributed by atoms with Crippen LogP contribution in [0.15, 0.2) is 71.3 Å². The van der Waals surface area contributed by atoms with Gasteiger partial charge in [-0.3, -0.25) is 14.5 Å². The number of hydrogen-bond acceptors (Lipinski definition) is 4. The van der Waals surface area contributed by atoms with E-state index in [4.69, 9.17) is 4.42 Å². The van der Waals surface area contributed by atoms with Gasteiger partial charge in [-0.05, 0) is 60.5 Å². The lowest BCUT2D eigenvalue weighted by Crippen LogP contribution is -2.50. The van der Waals surface area contributed by atoms with Crippen molar-refractivity contribution in [2.45, 2.75) is 13.0 Å². The van der Waals surface area contributed by atoms with Crippen LogP contribution in [0.3, 0.4) is 0 Å². The van der Waals surface area contributed by atoms with Crippen LogP contribution in [0, 0.1) is 5.82 Å². The van der Waals surface area contributed by atoms with Gasteiger partial charge in [0.25, 0.3) is 11.8 Å². The van der Waals surface area contributed by atoms with Gasteiger partial charge in [0, 0.05) is 57.1 Å². The smallest absolute Gasteiger partial charge is 0.324 e. The molecule has 2 aliphatic rings. The number of piperazine rings is 1. The Kier molecular flexibility index (Phi) is 6.71. The van der Waals surface area contributed by atoms with E-state index < -0.39 is 0 Å². The fraction of sp³-hybridized carbons (Fsp3) is 0.296. The second-order valence-corrected chi connectivity index (χ2v) is 8.94. The number of amides is 4. The molecule has 2 aliphatic heterocycles. The number of anilines is 1. The van der Waals surface area contributed by atoms with Crippen molar-refractivity contribution in [2.24, 2.45) is 0 Å². The maximum absolute atomic E-state index is 13.2. The molecule has 2 fully saturated rings. The third-order valence-corrected chi connectivity index (χ3v) is 6.61. The molecule has 1 aromatic heterocycles. The second kappa shape index (κ2) is 10.2. The Morgan fingerprint density at radius 2 is 1.47 bits per heavy atom. The summed E-state index contributed by atoms with van der Waals surface area (Å²) in [4.78, 5) is 45.4. The van der Waals surface area contributed by atoms with Crippen molar-refractivity contribution in [1.29, 1.82) is 0 Å². The summed E-state index contributed by atoms with van der Waals surface area (Å²) in [6.45, 7) is 3.41. The Morgan fingerprint density at radius 3 is 2.11 bits per heavy atom. The maximum Gasteiger partial charge on any atom is 0.324 e. The van der Waals surface area contributed by atoms with Gasteiger partial charge < -0.3 is 19.1 Å². The molecule has 2 saturated heterocycles. The van der Waals surface area contributed by atoms with Crippen molar-refractivity contribution in [1.82, 2.24) is 14.7 Å². The molecule has 0 bridgehead atoms. The second-order valence-electron chi connectivity index (χ2n) is 8.94. The zero-order valence-corrected chi connectivity index (χ0v) is 19.8. The number of nitrogens with zero attached hydrogens (tertiary/aromatic N) is 4. The summed E-state index contributed by atoms with van der Waals surface area (Å²) in [6, 6.07) is 16.4. The van der Waals surface area contributed by atoms with Gasteiger partial charge in [-0.2, -0.15) is 0 Å². The van der Waals surface area contributed by atoms with Crippen molar-refractivity contribution in [3.8, 4) is 0 Å². The quantitative estimate of drug-likeness (QED) is 0.545. The van der Waals surface area contributed by atoms with E-state index >= 15 is 0 Å². The number of furan rings is 1. The first-order chi connectivity index (χ1) is 17.5. The van der Waals surface area contributed by atoms with Gasteiger partial charge >= 0.3 is 6.03 Å². The van der Waals surface area contributed by atoms with Crippen LogP contribution in [-0.4, -0.2) is 71.8 Å². The Balaban J connectivity index is 1.19. The summed E-state index contributed by atoms with van der Waals surface area (Å²) in [6.07, 6.45) is 2.28. The largest absolute Gasteiger partial charge is 0.459 e. The van der Waals surface area contributed by atoms with Crippen molar-refractivity contribution < 1.29 is 23.2 Å². The van der Waals surface area contributed by atoms with Gasteiger partial charge in [-0.15, -0.1) is 0 Å². The lowest BCUT2D eigenvalue weighted by atomic mass is 10.1. The van der Waals surface area contributed by atoms with Crippen molar-refractivity contribution in [2.75, 3.05) is 44.2 Å². The molecule has 186 valence electrons. The van der Waals surface area contributed by atoms with Gasteiger partial charge in [-0.1, -0.05) is 12.1 Å². The van der Waals surface area contributed by atoms with Crippen molar-refractivity contribution in [3.63, 3.8) is 0 Å². The van der Waals surface area contributed by atoms with E-state index in [0.717, 1.165) is 17.7 Å². The summed E-state index contributed by atoms with van der Waals surface area (Å²) >= 11 is 0. The monoisotopic (exact) mass is 490 g/mol. The predicted molar refractivity (Wildman–Crippen MR) is 131 cm³/mol. The molecular formula is C27H27FN4O4.